The molecule has 4 heteroatoms. The van der Waals surface area contributed by atoms with Gasteiger partial charge in [-0.1, -0.05) is 18.2 Å². The zero-order valence-electron chi connectivity index (χ0n) is 9.31. The number of thioether (sulfide) groups is 1. The molecule has 0 bridgehead atoms. The van der Waals surface area contributed by atoms with E-state index < -0.39 is 5.60 Å². The first-order chi connectivity index (χ1) is 7.62. The Morgan fingerprint density at radius 3 is 3.00 bits per heavy atom. The average molecular weight is 239 g/mol. The second kappa shape index (κ2) is 4.75. The molecule has 0 radical (unpaired) electrons. The molecule has 2 atom stereocenters. The molecule has 2 unspecified atom stereocenters. The highest BCUT2D eigenvalue weighted by Crippen LogP contribution is 2.37. The molecule has 0 aromatic heterocycles. The van der Waals surface area contributed by atoms with Crippen molar-refractivity contribution >= 4 is 11.8 Å². The lowest BCUT2D eigenvalue weighted by Crippen LogP contribution is -2.42. The van der Waals surface area contributed by atoms with Crippen LogP contribution in [0.25, 0.3) is 0 Å². The van der Waals surface area contributed by atoms with Gasteiger partial charge in [-0.25, -0.2) is 0 Å². The molecule has 0 saturated heterocycles. The van der Waals surface area contributed by atoms with E-state index in [4.69, 9.17) is 5.11 Å². The van der Waals surface area contributed by atoms with Gasteiger partial charge in [0.15, 0.2) is 0 Å². The molecule has 0 aliphatic carbocycles. The standard InChI is InChI=1S/C12H17NO2S/c1-12(15,8-14)7-13-10-6-16-11-5-3-2-4-9(10)11/h2-5,10,13-15H,6-8H2,1H3. The van der Waals surface area contributed by atoms with Crippen LogP contribution in [0, 0.1) is 0 Å². The van der Waals surface area contributed by atoms with Gasteiger partial charge < -0.3 is 15.5 Å². The molecule has 16 heavy (non-hydrogen) atoms. The minimum Gasteiger partial charge on any atom is -0.393 e. The number of fused-ring (bicyclic) bond motifs is 1. The first kappa shape index (κ1) is 11.9. The number of benzene rings is 1. The lowest BCUT2D eigenvalue weighted by atomic mass is 10.1. The molecule has 1 aromatic carbocycles. The normalized spacial score (nSPS) is 22.8. The Morgan fingerprint density at radius 1 is 1.50 bits per heavy atom. The van der Waals surface area contributed by atoms with Crippen molar-refractivity contribution < 1.29 is 10.2 Å². The smallest absolute Gasteiger partial charge is 0.0973 e. The third-order valence-corrected chi connectivity index (χ3v) is 3.95. The molecular weight excluding hydrogens is 222 g/mol. The van der Waals surface area contributed by atoms with Gasteiger partial charge in [-0.2, -0.15) is 0 Å². The van der Waals surface area contributed by atoms with E-state index in [9.17, 15) is 5.11 Å². The second-order valence-electron chi connectivity index (χ2n) is 4.44. The van der Waals surface area contributed by atoms with Crippen molar-refractivity contribution in [2.75, 3.05) is 18.9 Å². The van der Waals surface area contributed by atoms with E-state index in [-0.39, 0.29) is 12.6 Å². The van der Waals surface area contributed by atoms with E-state index in [1.165, 1.54) is 10.5 Å². The van der Waals surface area contributed by atoms with E-state index in [0.29, 0.717) is 6.54 Å². The van der Waals surface area contributed by atoms with Gasteiger partial charge in [-0.3, -0.25) is 0 Å². The summed E-state index contributed by atoms with van der Waals surface area (Å²) in [6, 6.07) is 8.58. The number of aliphatic hydroxyl groups is 2. The molecular formula is C12H17NO2S. The number of aliphatic hydroxyl groups excluding tert-OH is 1. The fourth-order valence-electron chi connectivity index (χ4n) is 1.73. The Morgan fingerprint density at radius 2 is 2.25 bits per heavy atom. The van der Waals surface area contributed by atoms with Crippen molar-refractivity contribution in [2.24, 2.45) is 0 Å². The van der Waals surface area contributed by atoms with Gasteiger partial charge in [0, 0.05) is 23.2 Å². The fourth-order valence-corrected chi connectivity index (χ4v) is 2.93. The highest BCUT2D eigenvalue weighted by molar-refractivity contribution is 7.99. The number of hydrogen-bond acceptors (Lipinski definition) is 4. The monoisotopic (exact) mass is 239 g/mol. The van der Waals surface area contributed by atoms with Gasteiger partial charge in [0.1, 0.15) is 0 Å². The van der Waals surface area contributed by atoms with Crippen molar-refractivity contribution in [3.63, 3.8) is 0 Å². The van der Waals surface area contributed by atoms with Gasteiger partial charge in [-0.05, 0) is 18.6 Å². The van der Waals surface area contributed by atoms with Gasteiger partial charge in [-0.15, -0.1) is 11.8 Å². The summed E-state index contributed by atoms with van der Waals surface area (Å²) < 4.78 is 0. The highest BCUT2D eigenvalue weighted by atomic mass is 32.2. The largest absolute Gasteiger partial charge is 0.393 e. The van der Waals surface area contributed by atoms with E-state index in [1.807, 2.05) is 23.9 Å². The van der Waals surface area contributed by atoms with E-state index in [1.54, 1.807) is 6.92 Å². The predicted octanol–water partition coefficient (Wildman–Crippen LogP) is 1.17. The quantitative estimate of drug-likeness (QED) is 0.738. The van der Waals surface area contributed by atoms with Crippen molar-refractivity contribution in [1.29, 1.82) is 0 Å². The predicted molar refractivity (Wildman–Crippen MR) is 65.6 cm³/mol. The first-order valence-electron chi connectivity index (χ1n) is 5.41. The van der Waals surface area contributed by atoms with Crippen LogP contribution >= 0.6 is 11.8 Å². The molecule has 3 nitrogen and oxygen atoms in total. The summed E-state index contributed by atoms with van der Waals surface area (Å²) in [6.07, 6.45) is 0. The molecule has 0 saturated carbocycles. The van der Waals surface area contributed by atoms with E-state index in [0.717, 1.165) is 5.75 Å². The third-order valence-electron chi connectivity index (χ3n) is 2.77. The van der Waals surface area contributed by atoms with Gasteiger partial charge in [0.2, 0.25) is 0 Å². The van der Waals surface area contributed by atoms with Crippen LogP contribution in [-0.2, 0) is 0 Å². The second-order valence-corrected chi connectivity index (χ2v) is 5.50. The molecule has 1 aliphatic heterocycles. The Bertz CT molecular complexity index is 368. The summed E-state index contributed by atoms with van der Waals surface area (Å²) in [5.41, 5.74) is 0.253. The molecule has 0 amide bonds. The van der Waals surface area contributed by atoms with Gasteiger partial charge in [0.05, 0.1) is 12.2 Å². The van der Waals surface area contributed by atoms with E-state index >= 15 is 0 Å². The fraction of sp³-hybridized carbons (Fsp3) is 0.500. The summed E-state index contributed by atoms with van der Waals surface area (Å²) in [5, 5.41) is 22.0. The Labute approximate surface area is 99.9 Å². The SMILES string of the molecule is CC(O)(CO)CNC1CSc2ccccc21. The van der Waals surface area contributed by atoms with Gasteiger partial charge >= 0.3 is 0 Å². The van der Waals surface area contributed by atoms with Crippen LogP contribution in [-0.4, -0.2) is 34.7 Å². The maximum atomic E-state index is 9.71. The third kappa shape index (κ3) is 2.58. The zero-order chi connectivity index (χ0) is 11.6. The number of nitrogens with one attached hydrogen (secondary N) is 1. The lowest BCUT2D eigenvalue weighted by molar-refractivity contribution is 0.00118. The van der Waals surface area contributed by atoms with Crippen LogP contribution in [0.2, 0.25) is 0 Å². The van der Waals surface area contributed by atoms with Crippen molar-refractivity contribution in [2.45, 2.75) is 23.5 Å². The molecule has 1 heterocycles. The average Bonchev–Trinajstić information content (AvgIpc) is 2.70. The molecule has 0 fully saturated rings. The molecule has 3 N–H and O–H groups in total. The molecule has 2 rings (SSSR count). The van der Waals surface area contributed by atoms with Crippen LogP contribution in [0.3, 0.4) is 0 Å². The minimum atomic E-state index is -1.04. The van der Waals surface area contributed by atoms with Crippen LogP contribution in [0.1, 0.15) is 18.5 Å². The Hall–Kier alpha value is -0.550. The van der Waals surface area contributed by atoms with Gasteiger partial charge in [0.25, 0.3) is 0 Å². The van der Waals surface area contributed by atoms with Crippen molar-refractivity contribution in [3.05, 3.63) is 29.8 Å². The Kier molecular flexibility index (Phi) is 3.54. The van der Waals surface area contributed by atoms with Crippen LogP contribution in [0.15, 0.2) is 29.2 Å². The lowest BCUT2D eigenvalue weighted by Gasteiger charge is -2.23. The van der Waals surface area contributed by atoms with Crippen LogP contribution < -0.4 is 5.32 Å². The maximum Gasteiger partial charge on any atom is 0.0973 e. The van der Waals surface area contributed by atoms with E-state index in [2.05, 4.69) is 17.4 Å². The summed E-state index contributed by atoms with van der Waals surface area (Å²) in [6.45, 7) is 1.82. The maximum absolute atomic E-state index is 9.71. The summed E-state index contributed by atoms with van der Waals surface area (Å²) in [7, 11) is 0. The number of hydrogen-bond donors (Lipinski definition) is 3. The highest BCUT2D eigenvalue weighted by Gasteiger charge is 2.25. The van der Waals surface area contributed by atoms with Crippen molar-refractivity contribution in [1.82, 2.24) is 5.32 Å². The summed E-state index contributed by atoms with van der Waals surface area (Å²) >= 11 is 1.83. The summed E-state index contributed by atoms with van der Waals surface area (Å²) in [4.78, 5) is 1.31. The van der Waals surface area contributed by atoms with Crippen LogP contribution in [0.5, 0.6) is 0 Å². The van der Waals surface area contributed by atoms with Crippen molar-refractivity contribution in [3.8, 4) is 0 Å². The molecule has 0 spiro atoms. The topological polar surface area (TPSA) is 52.5 Å². The van der Waals surface area contributed by atoms with Crippen LogP contribution in [0.4, 0.5) is 0 Å². The summed E-state index contributed by atoms with van der Waals surface area (Å²) in [5.74, 6) is 0.987. The molecule has 1 aliphatic rings. The first-order valence-corrected chi connectivity index (χ1v) is 6.39. The molecule has 88 valence electrons. The molecule has 1 aromatic rings. The number of rotatable bonds is 4. The Balaban J connectivity index is 1.99. The zero-order valence-corrected chi connectivity index (χ0v) is 10.1. The minimum absolute atomic E-state index is 0.221.